The fraction of sp³-hybridized carbons (Fsp3) is 0.667. The number of hydrogen-bond donors (Lipinski definition) is 1. The van der Waals surface area contributed by atoms with Crippen molar-refractivity contribution in [1.82, 2.24) is 9.88 Å². The van der Waals surface area contributed by atoms with Crippen molar-refractivity contribution in [2.45, 2.75) is 58.2 Å². The number of carbonyl (C=O) groups is 1. The van der Waals surface area contributed by atoms with Gasteiger partial charge in [0.25, 0.3) is 0 Å². The number of carbonyl (C=O) groups excluding carboxylic acids is 1. The number of piperidine rings is 1. The van der Waals surface area contributed by atoms with Gasteiger partial charge in [-0.3, -0.25) is 0 Å². The van der Waals surface area contributed by atoms with Crippen molar-refractivity contribution in [2.24, 2.45) is 5.92 Å². The van der Waals surface area contributed by atoms with Gasteiger partial charge in [0.2, 0.25) is 0 Å². The molecule has 1 saturated heterocycles. The Morgan fingerprint density at radius 1 is 1.40 bits per heavy atom. The van der Waals surface area contributed by atoms with Crippen LogP contribution in [0.2, 0.25) is 5.15 Å². The first-order valence-electron chi connectivity index (χ1n) is 8.48. The normalized spacial score (nSPS) is 18.8. The van der Waals surface area contributed by atoms with Crippen molar-refractivity contribution >= 4 is 33.6 Å². The summed E-state index contributed by atoms with van der Waals surface area (Å²) in [7, 11) is 0. The second-order valence-corrected chi connectivity index (χ2v) is 9.12. The van der Waals surface area contributed by atoms with Crippen molar-refractivity contribution in [3.8, 4) is 0 Å². The molecule has 1 N–H and O–H groups in total. The smallest absolute Gasteiger partial charge is 0.410 e. The molecular weight excluding hydrogens is 408 g/mol. The standard InChI is InChI=1S/C18H26BrClN2O3/c1-17(2,3)25-16(23)22-7-5-13(6-8-22)18(4,24)10-12-9-15(20)21-11-14(12)19/h9,11,13,24H,5-8,10H2,1-4H3. The zero-order valence-electron chi connectivity index (χ0n) is 15.2. The minimum Gasteiger partial charge on any atom is -0.444 e. The molecule has 0 bridgehead atoms. The highest BCUT2D eigenvalue weighted by Crippen LogP contribution is 2.33. The van der Waals surface area contributed by atoms with Crippen molar-refractivity contribution in [1.29, 1.82) is 0 Å². The van der Waals surface area contributed by atoms with E-state index in [1.807, 2.05) is 27.7 Å². The number of nitrogens with zero attached hydrogens (tertiary/aromatic N) is 2. The summed E-state index contributed by atoms with van der Waals surface area (Å²) in [5.74, 6) is 0.102. The van der Waals surface area contributed by atoms with Gasteiger partial charge in [0.1, 0.15) is 10.8 Å². The highest BCUT2D eigenvalue weighted by atomic mass is 79.9. The molecule has 1 unspecified atom stereocenters. The van der Waals surface area contributed by atoms with E-state index in [0.29, 0.717) is 24.7 Å². The van der Waals surface area contributed by atoms with Gasteiger partial charge >= 0.3 is 6.09 Å². The molecule has 1 aliphatic heterocycles. The number of hydrogen-bond acceptors (Lipinski definition) is 4. The Labute approximate surface area is 162 Å². The highest BCUT2D eigenvalue weighted by molar-refractivity contribution is 9.10. The quantitative estimate of drug-likeness (QED) is 0.716. The van der Waals surface area contributed by atoms with E-state index in [-0.39, 0.29) is 12.0 Å². The number of rotatable bonds is 3. The Morgan fingerprint density at radius 2 is 2.00 bits per heavy atom. The van der Waals surface area contributed by atoms with E-state index in [0.717, 1.165) is 22.9 Å². The number of amides is 1. The second-order valence-electron chi connectivity index (χ2n) is 7.87. The molecule has 1 amide bonds. The van der Waals surface area contributed by atoms with E-state index < -0.39 is 11.2 Å². The van der Waals surface area contributed by atoms with Gasteiger partial charge < -0.3 is 14.7 Å². The first-order chi connectivity index (χ1) is 11.5. The molecule has 2 heterocycles. The van der Waals surface area contributed by atoms with E-state index in [4.69, 9.17) is 16.3 Å². The van der Waals surface area contributed by atoms with Gasteiger partial charge in [-0.05, 0) is 74.0 Å². The van der Waals surface area contributed by atoms with Crippen LogP contribution >= 0.6 is 27.5 Å². The molecule has 140 valence electrons. The van der Waals surface area contributed by atoms with Crippen LogP contribution in [0.4, 0.5) is 4.79 Å². The van der Waals surface area contributed by atoms with Crippen molar-refractivity contribution in [3.05, 3.63) is 27.5 Å². The zero-order chi connectivity index (χ0) is 18.8. The van der Waals surface area contributed by atoms with Crippen molar-refractivity contribution in [2.75, 3.05) is 13.1 Å². The molecule has 1 atom stereocenters. The van der Waals surface area contributed by atoms with Crippen LogP contribution in [0.5, 0.6) is 0 Å². The Balaban J connectivity index is 1.96. The number of halogens is 2. The van der Waals surface area contributed by atoms with Crippen LogP contribution in [0.25, 0.3) is 0 Å². The monoisotopic (exact) mass is 432 g/mol. The van der Waals surface area contributed by atoms with Crippen LogP contribution in [0, 0.1) is 5.92 Å². The molecule has 1 aromatic heterocycles. The molecule has 1 aliphatic rings. The average molecular weight is 434 g/mol. The second kappa shape index (κ2) is 7.80. The van der Waals surface area contributed by atoms with E-state index in [1.54, 1.807) is 17.2 Å². The summed E-state index contributed by atoms with van der Waals surface area (Å²) in [6, 6.07) is 1.77. The maximum absolute atomic E-state index is 12.2. The summed E-state index contributed by atoms with van der Waals surface area (Å²) in [5, 5.41) is 11.4. The predicted molar refractivity (Wildman–Crippen MR) is 102 cm³/mol. The molecule has 5 nitrogen and oxygen atoms in total. The number of aliphatic hydroxyl groups is 1. The van der Waals surface area contributed by atoms with Gasteiger partial charge in [0, 0.05) is 30.2 Å². The van der Waals surface area contributed by atoms with Crippen LogP contribution < -0.4 is 0 Å². The summed E-state index contributed by atoms with van der Waals surface area (Å²) in [4.78, 5) is 17.9. The SMILES string of the molecule is CC(C)(C)OC(=O)N1CCC(C(C)(O)Cc2cc(Cl)ncc2Br)CC1. The van der Waals surface area contributed by atoms with Crippen LogP contribution in [0.3, 0.4) is 0 Å². The molecule has 25 heavy (non-hydrogen) atoms. The summed E-state index contributed by atoms with van der Waals surface area (Å²) in [6.45, 7) is 8.62. The topological polar surface area (TPSA) is 62.7 Å². The molecule has 0 aliphatic carbocycles. The molecule has 0 aromatic carbocycles. The number of pyridine rings is 1. The highest BCUT2D eigenvalue weighted by Gasteiger charge is 2.37. The first-order valence-corrected chi connectivity index (χ1v) is 9.65. The minimum absolute atomic E-state index is 0.102. The number of aromatic nitrogens is 1. The van der Waals surface area contributed by atoms with Crippen LogP contribution in [0.15, 0.2) is 16.7 Å². The van der Waals surface area contributed by atoms with E-state index in [1.165, 1.54) is 0 Å². The van der Waals surface area contributed by atoms with Gasteiger partial charge in [-0.15, -0.1) is 0 Å². The Hall–Kier alpha value is -0.850. The lowest BCUT2D eigenvalue weighted by Crippen LogP contribution is -2.47. The van der Waals surface area contributed by atoms with Crippen LogP contribution in [0.1, 0.15) is 46.1 Å². The van der Waals surface area contributed by atoms with Gasteiger partial charge in [-0.2, -0.15) is 0 Å². The van der Waals surface area contributed by atoms with Gasteiger partial charge in [-0.25, -0.2) is 9.78 Å². The third kappa shape index (κ3) is 5.83. The zero-order valence-corrected chi connectivity index (χ0v) is 17.5. The molecular formula is C18H26BrClN2O3. The predicted octanol–water partition coefficient (Wildman–Crippen LogP) is 4.44. The minimum atomic E-state index is -0.882. The lowest BCUT2D eigenvalue weighted by Gasteiger charge is -2.40. The molecule has 1 fully saturated rings. The van der Waals surface area contributed by atoms with E-state index in [9.17, 15) is 9.90 Å². The third-order valence-electron chi connectivity index (χ3n) is 4.48. The Kier molecular flexibility index (Phi) is 6.39. The molecule has 0 radical (unpaired) electrons. The molecule has 1 aromatic rings. The van der Waals surface area contributed by atoms with Crippen molar-refractivity contribution < 1.29 is 14.6 Å². The van der Waals surface area contributed by atoms with Crippen LogP contribution in [-0.2, 0) is 11.2 Å². The van der Waals surface area contributed by atoms with Gasteiger partial charge in [0.15, 0.2) is 0 Å². The summed E-state index contributed by atoms with van der Waals surface area (Å²) >= 11 is 9.43. The third-order valence-corrected chi connectivity index (χ3v) is 5.40. The fourth-order valence-electron chi connectivity index (χ4n) is 3.13. The molecule has 0 saturated carbocycles. The Bertz CT molecular complexity index is 623. The molecule has 0 spiro atoms. The summed E-state index contributed by atoms with van der Waals surface area (Å²) in [5.41, 5.74) is -0.445. The summed E-state index contributed by atoms with van der Waals surface area (Å²) < 4.78 is 6.26. The molecule has 2 rings (SSSR count). The lowest BCUT2D eigenvalue weighted by molar-refractivity contribution is -0.0340. The maximum atomic E-state index is 12.2. The largest absolute Gasteiger partial charge is 0.444 e. The first kappa shape index (κ1) is 20.5. The number of likely N-dealkylation sites (tertiary alicyclic amines) is 1. The van der Waals surface area contributed by atoms with Crippen LogP contribution in [-0.4, -0.2) is 45.4 Å². The fourth-order valence-corrected chi connectivity index (χ4v) is 3.66. The summed E-state index contributed by atoms with van der Waals surface area (Å²) in [6.07, 6.45) is 3.33. The average Bonchev–Trinajstić information content (AvgIpc) is 2.49. The van der Waals surface area contributed by atoms with Gasteiger partial charge in [-0.1, -0.05) is 11.6 Å². The molecule has 7 heteroatoms. The van der Waals surface area contributed by atoms with E-state index in [2.05, 4.69) is 20.9 Å². The van der Waals surface area contributed by atoms with Gasteiger partial charge in [0.05, 0.1) is 5.60 Å². The van der Waals surface area contributed by atoms with E-state index >= 15 is 0 Å². The lowest BCUT2D eigenvalue weighted by atomic mass is 9.78. The van der Waals surface area contributed by atoms with Crippen molar-refractivity contribution in [3.63, 3.8) is 0 Å². The number of ether oxygens (including phenoxy) is 1. The maximum Gasteiger partial charge on any atom is 0.410 e. The Morgan fingerprint density at radius 3 is 2.56 bits per heavy atom.